The lowest BCUT2D eigenvalue weighted by Crippen LogP contribution is -2.04. The molecule has 6 heteroatoms. The number of oxazole rings is 1. The molecule has 1 heterocycles. The highest BCUT2D eigenvalue weighted by molar-refractivity contribution is 6.31. The first-order chi connectivity index (χ1) is 15.6. The van der Waals surface area contributed by atoms with E-state index in [0.717, 1.165) is 5.56 Å². The Bertz CT molecular complexity index is 1240. The molecule has 0 aliphatic rings. The Balaban J connectivity index is 1.81. The zero-order valence-electron chi connectivity index (χ0n) is 18.1. The summed E-state index contributed by atoms with van der Waals surface area (Å²) in [6, 6.07) is 19.9. The van der Waals surface area contributed by atoms with E-state index in [1.54, 1.807) is 56.7 Å². The summed E-state index contributed by atoms with van der Waals surface area (Å²) >= 11 is 0. The van der Waals surface area contributed by atoms with Crippen molar-refractivity contribution in [3.63, 3.8) is 0 Å². The summed E-state index contributed by atoms with van der Waals surface area (Å²) in [5, 5.41) is 0. The van der Waals surface area contributed by atoms with Crippen molar-refractivity contribution in [2.45, 2.75) is 6.92 Å². The van der Waals surface area contributed by atoms with Crippen molar-refractivity contribution in [3.8, 4) is 17.2 Å². The molecule has 0 N–H and O–H groups in total. The SMILES string of the molecule is CCOc1ccc(C(=O)/C(=C\c2ccc(OC)c(OC)c2)c2nc3ccccc3o2)cc1. The van der Waals surface area contributed by atoms with Crippen LogP contribution in [0.15, 0.2) is 71.1 Å². The highest BCUT2D eigenvalue weighted by atomic mass is 16.5. The van der Waals surface area contributed by atoms with E-state index in [4.69, 9.17) is 18.6 Å². The second-order valence-electron chi connectivity index (χ2n) is 6.95. The van der Waals surface area contributed by atoms with Gasteiger partial charge >= 0.3 is 0 Å². The summed E-state index contributed by atoms with van der Waals surface area (Å²) in [5.41, 5.74) is 2.87. The molecular formula is C26H23NO5. The van der Waals surface area contributed by atoms with Crippen LogP contribution in [0.25, 0.3) is 22.7 Å². The van der Waals surface area contributed by atoms with Gasteiger partial charge in [0.25, 0.3) is 0 Å². The van der Waals surface area contributed by atoms with Gasteiger partial charge in [-0.1, -0.05) is 18.2 Å². The number of ether oxygens (including phenoxy) is 3. The Morgan fingerprint density at radius 1 is 0.969 bits per heavy atom. The zero-order chi connectivity index (χ0) is 22.5. The van der Waals surface area contributed by atoms with Crippen LogP contribution >= 0.6 is 0 Å². The number of Topliss-reactive ketones (excluding diaryl/α,β-unsaturated/α-hetero) is 1. The third kappa shape index (κ3) is 4.34. The van der Waals surface area contributed by atoms with Gasteiger partial charge in [0.15, 0.2) is 22.9 Å². The molecule has 0 amide bonds. The van der Waals surface area contributed by atoms with Crippen molar-refractivity contribution in [3.05, 3.63) is 83.7 Å². The lowest BCUT2D eigenvalue weighted by Gasteiger charge is -2.09. The molecule has 32 heavy (non-hydrogen) atoms. The molecule has 162 valence electrons. The summed E-state index contributed by atoms with van der Waals surface area (Å²) < 4.78 is 22.1. The van der Waals surface area contributed by atoms with Gasteiger partial charge in [-0.05, 0) is 67.1 Å². The molecule has 0 spiro atoms. The highest BCUT2D eigenvalue weighted by Gasteiger charge is 2.21. The third-order valence-electron chi connectivity index (χ3n) is 4.92. The maximum absolute atomic E-state index is 13.5. The third-order valence-corrected chi connectivity index (χ3v) is 4.92. The van der Waals surface area contributed by atoms with Gasteiger partial charge in [0.05, 0.1) is 26.4 Å². The molecule has 0 saturated carbocycles. The first-order valence-corrected chi connectivity index (χ1v) is 10.2. The van der Waals surface area contributed by atoms with Crippen LogP contribution in [0.2, 0.25) is 0 Å². The van der Waals surface area contributed by atoms with Crippen molar-refractivity contribution in [2.24, 2.45) is 0 Å². The van der Waals surface area contributed by atoms with Gasteiger partial charge < -0.3 is 18.6 Å². The first-order valence-electron chi connectivity index (χ1n) is 10.2. The molecule has 0 fully saturated rings. The van der Waals surface area contributed by atoms with E-state index in [9.17, 15) is 4.79 Å². The molecule has 0 aliphatic heterocycles. The van der Waals surface area contributed by atoms with Gasteiger partial charge in [0.1, 0.15) is 11.3 Å². The summed E-state index contributed by atoms with van der Waals surface area (Å²) in [6.45, 7) is 2.47. The van der Waals surface area contributed by atoms with Crippen LogP contribution in [-0.4, -0.2) is 31.6 Å². The average Bonchev–Trinajstić information content (AvgIpc) is 3.26. The van der Waals surface area contributed by atoms with Crippen LogP contribution in [0.3, 0.4) is 0 Å². The van der Waals surface area contributed by atoms with Gasteiger partial charge in [-0.25, -0.2) is 4.98 Å². The van der Waals surface area contributed by atoms with E-state index >= 15 is 0 Å². The van der Waals surface area contributed by atoms with E-state index in [1.807, 2.05) is 37.3 Å². The van der Waals surface area contributed by atoms with Crippen LogP contribution < -0.4 is 14.2 Å². The zero-order valence-corrected chi connectivity index (χ0v) is 18.1. The van der Waals surface area contributed by atoms with Crippen LogP contribution in [-0.2, 0) is 0 Å². The molecule has 0 unspecified atom stereocenters. The molecule has 3 aromatic carbocycles. The van der Waals surface area contributed by atoms with Crippen molar-refractivity contribution in [2.75, 3.05) is 20.8 Å². The fourth-order valence-electron chi connectivity index (χ4n) is 3.35. The van der Waals surface area contributed by atoms with Crippen LogP contribution in [0, 0.1) is 0 Å². The molecule has 0 radical (unpaired) electrons. The minimum absolute atomic E-state index is 0.214. The molecule has 1 aromatic heterocycles. The van der Waals surface area contributed by atoms with Gasteiger partial charge in [-0.15, -0.1) is 0 Å². The lowest BCUT2D eigenvalue weighted by atomic mass is 10.0. The van der Waals surface area contributed by atoms with E-state index in [0.29, 0.717) is 46.1 Å². The number of hydrogen-bond acceptors (Lipinski definition) is 6. The first kappa shape index (κ1) is 21.2. The summed E-state index contributed by atoms with van der Waals surface area (Å²) in [4.78, 5) is 18.1. The highest BCUT2D eigenvalue weighted by Crippen LogP contribution is 2.31. The Hall–Kier alpha value is -4.06. The number of hydrogen-bond donors (Lipinski definition) is 0. The quantitative estimate of drug-likeness (QED) is 0.266. The monoisotopic (exact) mass is 429 g/mol. The number of methoxy groups -OCH3 is 2. The van der Waals surface area contributed by atoms with Gasteiger partial charge in [-0.2, -0.15) is 0 Å². The Morgan fingerprint density at radius 2 is 1.72 bits per heavy atom. The maximum atomic E-state index is 13.5. The number of carbonyl (C=O) groups is 1. The lowest BCUT2D eigenvalue weighted by molar-refractivity contribution is 0.105. The normalized spacial score (nSPS) is 11.4. The minimum Gasteiger partial charge on any atom is -0.494 e. The number of benzene rings is 3. The van der Waals surface area contributed by atoms with Gasteiger partial charge in [0, 0.05) is 5.56 Å². The molecular weight excluding hydrogens is 406 g/mol. The van der Waals surface area contributed by atoms with Crippen LogP contribution in [0.5, 0.6) is 17.2 Å². The fraction of sp³-hybridized carbons (Fsp3) is 0.154. The summed E-state index contributed by atoms with van der Waals surface area (Å²) in [6.07, 6.45) is 1.74. The van der Waals surface area contributed by atoms with Gasteiger partial charge in [0.2, 0.25) is 5.89 Å². The van der Waals surface area contributed by atoms with E-state index < -0.39 is 0 Å². The molecule has 0 bridgehead atoms. The Kier molecular flexibility index (Phi) is 6.22. The Morgan fingerprint density at radius 3 is 2.41 bits per heavy atom. The summed E-state index contributed by atoms with van der Waals surface area (Å²) in [7, 11) is 3.14. The fourth-order valence-corrected chi connectivity index (χ4v) is 3.35. The smallest absolute Gasteiger partial charge is 0.231 e. The average molecular weight is 429 g/mol. The van der Waals surface area contributed by atoms with E-state index in [-0.39, 0.29) is 11.7 Å². The van der Waals surface area contributed by atoms with Crippen LogP contribution in [0.4, 0.5) is 0 Å². The van der Waals surface area contributed by atoms with Crippen molar-refractivity contribution >= 4 is 28.5 Å². The summed E-state index contributed by atoms with van der Waals surface area (Å²) in [5.74, 6) is 1.91. The molecule has 0 aliphatic carbocycles. The number of para-hydroxylation sites is 2. The number of fused-ring (bicyclic) bond motifs is 1. The van der Waals surface area contributed by atoms with Crippen molar-refractivity contribution in [1.82, 2.24) is 4.98 Å². The number of aromatic nitrogens is 1. The standard InChI is InChI=1S/C26H23NO5/c1-4-31-19-12-10-18(11-13-19)25(28)20(26-27-21-7-5-6-8-22(21)32-26)15-17-9-14-23(29-2)24(16-17)30-3/h5-16H,4H2,1-3H3/b20-15+. The second kappa shape index (κ2) is 9.39. The number of carbonyl (C=O) groups excluding carboxylic acids is 1. The molecule has 0 atom stereocenters. The predicted molar refractivity (Wildman–Crippen MR) is 123 cm³/mol. The predicted octanol–water partition coefficient (Wildman–Crippen LogP) is 5.67. The molecule has 4 rings (SSSR count). The Labute approximate surface area is 186 Å². The number of allylic oxidation sites excluding steroid dienone is 1. The maximum Gasteiger partial charge on any atom is 0.231 e. The van der Waals surface area contributed by atoms with E-state index in [1.165, 1.54) is 0 Å². The topological polar surface area (TPSA) is 70.8 Å². The largest absolute Gasteiger partial charge is 0.494 e. The molecule has 4 aromatic rings. The van der Waals surface area contributed by atoms with Gasteiger partial charge in [-0.3, -0.25) is 4.79 Å². The molecule has 6 nitrogen and oxygen atoms in total. The minimum atomic E-state index is -0.214. The number of ketones is 1. The van der Waals surface area contributed by atoms with Crippen LogP contribution in [0.1, 0.15) is 28.7 Å². The van der Waals surface area contributed by atoms with E-state index in [2.05, 4.69) is 4.98 Å². The van der Waals surface area contributed by atoms with Crippen molar-refractivity contribution < 1.29 is 23.4 Å². The second-order valence-corrected chi connectivity index (χ2v) is 6.95. The molecule has 0 saturated heterocycles. The number of nitrogens with zero attached hydrogens (tertiary/aromatic N) is 1. The van der Waals surface area contributed by atoms with Crippen molar-refractivity contribution in [1.29, 1.82) is 0 Å². The number of rotatable bonds is 8.